The Hall–Kier alpha value is 0.0700. The van der Waals surface area contributed by atoms with Gasteiger partial charge in [0.05, 0.1) is 6.16 Å². The molecule has 0 radical (unpaired) electrons. The normalized spacial score (nSPS) is 12.4. The highest BCUT2D eigenvalue weighted by Crippen LogP contribution is 2.47. The maximum atomic E-state index is 11.6. The molecule has 0 N–H and O–H groups in total. The Balaban J connectivity index is 3.76. The second kappa shape index (κ2) is 7.37. The molecule has 0 aromatic carbocycles. The Morgan fingerprint density at radius 1 is 1.07 bits per heavy atom. The van der Waals surface area contributed by atoms with E-state index in [1.807, 2.05) is 0 Å². The SMILES string of the molecule is COC(CCCP(=O)(OC)OC)OC. The van der Waals surface area contributed by atoms with Crippen molar-refractivity contribution in [2.75, 3.05) is 34.6 Å². The van der Waals surface area contributed by atoms with Gasteiger partial charge in [0.1, 0.15) is 0 Å². The molecule has 0 atom stereocenters. The van der Waals surface area contributed by atoms with Crippen molar-refractivity contribution >= 4 is 7.60 Å². The third-order valence-corrected chi connectivity index (χ3v) is 3.93. The molecule has 0 aliphatic heterocycles. The summed E-state index contributed by atoms with van der Waals surface area (Å²) in [4.78, 5) is 0. The Kier molecular flexibility index (Phi) is 7.41. The van der Waals surface area contributed by atoms with Crippen molar-refractivity contribution in [1.82, 2.24) is 0 Å². The molecule has 0 aliphatic carbocycles. The minimum absolute atomic E-state index is 0.253. The van der Waals surface area contributed by atoms with Crippen molar-refractivity contribution in [1.29, 1.82) is 0 Å². The number of hydrogen-bond acceptors (Lipinski definition) is 5. The summed E-state index contributed by atoms with van der Waals surface area (Å²) in [6, 6.07) is 0. The zero-order valence-corrected chi connectivity index (χ0v) is 10.1. The molecule has 6 heteroatoms. The summed E-state index contributed by atoms with van der Waals surface area (Å²) < 4.78 is 31.1. The van der Waals surface area contributed by atoms with Gasteiger partial charge in [-0.3, -0.25) is 4.57 Å². The molecule has 0 heterocycles. The quantitative estimate of drug-likeness (QED) is 0.467. The highest BCUT2D eigenvalue weighted by atomic mass is 31.2. The van der Waals surface area contributed by atoms with E-state index in [-0.39, 0.29) is 6.29 Å². The fourth-order valence-electron chi connectivity index (χ4n) is 1.04. The summed E-state index contributed by atoms with van der Waals surface area (Å²) in [5.74, 6) is 0. The van der Waals surface area contributed by atoms with E-state index in [1.54, 1.807) is 14.2 Å². The third kappa shape index (κ3) is 5.08. The lowest BCUT2D eigenvalue weighted by Gasteiger charge is -2.16. The molecule has 86 valence electrons. The van der Waals surface area contributed by atoms with Crippen LogP contribution in [0, 0.1) is 0 Å². The third-order valence-electron chi connectivity index (χ3n) is 1.95. The van der Waals surface area contributed by atoms with Gasteiger partial charge in [-0.2, -0.15) is 0 Å². The molecule has 0 unspecified atom stereocenters. The van der Waals surface area contributed by atoms with Gasteiger partial charge in [-0.1, -0.05) is 0 Å². The van der Waals surface area contributed by atoms with Gasteiger partial charge < -0.3 is 18.5 Å². The van der Waals surface area contributed by atoms with E-state index in [0.29, 0.717) is 19.0 Å². The van der Waals surface area contributed by atoms with Gasteiger partial charge in [-0.15, -0.1) is 0 Å². The molecule has 0 aromatic rings. The van der Waals surface area contributed by atoms with Gasteiger partial charge >= 0.3 is 7.60 Å². The summed E-state index contributed by atoms with van der Waals surface area (Å²) in [6.45, 7) is 0. The van der Waals surface area contributed by atoms with Gasteiger partial charge in [0.15, 0.2) is 6.29 Å². The molecule has 0 saturated heterocycles. The highest BCUT2D eigenvalue weighted by molar-refractivity contribution is 7.53. The van der Waals surface area contributed by atoms with Crippen molar-refractivity contribution in [3.05, 3.63) is 0 Å². The zero-order valence-electron chi connectivity index (χ0n) is 9.19. The molecular weight excluding hydrogens is 207 g/mol. The lowest BCUT2D eigenvalue weighted by atomic mass is 10.3. The Bertz CT molecular complexity index is 173. The minimum atomic E-state index is -2.87. The molecule has 0 fully saturated rings. The Labute approximate surface area is 85.2 Å². The van der Waals surface area contributed by atoms with Crippen LogP contribution >= 0.6 is 7.60 Å². The van der Waals surface area contributed by atoms with Crippen molar-refractivity contribution in [3.63, 3.8) is 0 Å². The fraction of sp³-hybridized carbons (Fsp3) is 1.00. The van der Waals surface area contributed by atoms with Gasteiger partial charge in [0.25, 0.3) is 0 Å². The van der Waals surface area contributed by atoms with Crippen LogP contribution in [0.1, 0.15) is 12.8 Å². The number of ether oxygens (including phenoxy) is 2. The Morgan fingerprint density at radius 2 is 1.57 bits per heavy atom. The molecule has 0 aliphatic rings. The lowest BCUT2D eigenvalue weighted by molar-refractivity contribution is -0.106. The predicted octanol–water partition coefficient (Wildman–Crippen LogP) is 1.87. The van der Waals surface area contributed by atoms with Gasteiger partial charge in [0.2, 0.25) is 0 Å². The maximum absolute atomic E-state index is 11.6. The fourth-order valence-corrected chi connectivity index (χ4v) is 2.12. The van der Waals surface area contributed by atoms with Crippen LogP contribution in [-0.2, 0) is 23.1 Å². The van der Waals surface area contributed by atoms with Crippen LogP contribution in [0.15, 0.2) is 0 Å². The molecule has 0 spiro atoms. The summed E-state index contributed by atoms with van der Waals surface area (Å²) in [5, 5.41) is 0. The summed E-state index contributed by atoms with van der Waals surface area (Å²) in [6.07, 6.45) is 1.47. The van der Waals surface area contributed by atoms with Gasteiger partial charge in [-0.05, 0) is 12.8 Å². The molecular formula is C8H19O5P. The van der Waals surface area contributed by atoms with Crippen molar-refractivity contribution in [3.8, 4) is 0 Å². The van der Waals surface area contributed by atoms with Crippen LogP contribution in [-0.4, -0.2) is 40.9 Å². The minimum Gasteiger partial charge on any atom is -0.356 e. The second-order valence-corrected chi connectivity index (χ2v) is 5.14. The van der Waals surface area contributed by atoms with E-state index in [1.165, 1.54) is 14.2 Å². The largest absolute Gasteiger partial charge is 0.356 e. The standard InChI is InChI=1S/C8H19O5P/c1-10-8(11-2)6-5-7-14(9,12-3)13-4/h8H,5-7H2,1-4H3. The van der Waals surface area contributed by atoms with Gasteiger partial charge in [0, 0.05) is 28.4 Å². The van der Waals surface area contributed by atoms with E-state index in [4.69, 9.17) is 18.5 Å². The van der Waals surface area contributed by atoms with E-state index in [2.05, 4.69) is 0 Å². The number of rotatable bonds is 8. The van der Waals surface area contributed by atoms with E-state index >= 15 is 0 Å². The van der Waals surface area contributed by atoms with Gasteiger partial charge in [-0.25, -0.2) is 0 Å². The second-order valence-electron chi connectivity index (χ2n) is 2.74. The molecule has 0 saturated carbocycles. The average Bonchev–Trinajstić information content (AvgIpc) is 2.24. The molecule has 0 bridgehead atoms. The van der Waals surface area contributed by atoms with E-state index in [0.717, 1.165) is 0 Å². The lowest BCUT2D eigenvalue weighted by Crippen LogP contribution is -2.13. The molecule has 14 heavy (non-hydrogen) atoms. The van der Waals surface area contributed by atoms with Crippen molar-refractivity contribution in [2.45, 2.75) is 19.1 Å². The first-order valence-electron chi connectivity index (χ1n) is 4.38. The average molecular weight is 226 g/mol. The van der Waals surface area contributed by atoms with Crippen molar-refractivity contribution < 1.29 is 23.1 Å². The van der Waals surface area contributed by atoms with E-state index in [9.17, 15) is 4.57 Å². The Morgan fingerprint density at radius 3 is 1.93 bits per heavy atom. The zero-order chi connectivity index (χ0) is 11.0. The number of methoxy groups -OCH3 is 2. The molecule has 0 aromatic heterocycles. The van der Waals surface area contributed by atoms with Crippen LogP contribution in [0.4, 0.5) is 0 Å². The first-order valence-corrected chi connectivity index (χ1v) is 6.10. The van der Waals surface area contributed by atoms with Crippen LogP contribution in [0.3, 0.4) is 0 Å². The monoisotopic (exact) mass is 226 g/mol. The van der Waals surface area contributed by atoms with E-state index < -0.39 is 7.60 Å². The number of hydrogen-bond donors (Lipinski definition) is 0. The topological polar surface area (TPSA) is 54.0 Å². The summed E-state index contributed by atoms with van der Waals surface area (Å²) in [5.41, 5.74) is 0. The van der Waals surface area contributed by atoms with Crippen molar-refractivity contribution in [2.24, 2.45) is 0 Å². The first kappa shape index (κ1) is 14.1. The summed E-state index contributed by atoms with van der Waals surface area (Å²) >= 11 is 0. The molecule has 5 nitrogen and oxygen atoms in total. The smallest absolute Gasteiger partial charge is 0.330 e. The van der Waals surface area contributed by atoms with Crippen LogP contribution in [0.25, 0.3) is 0 Å². The molecule has 0 rings (SSSR count). The van der Waals surface area contributed by atoms with Crippen LogP contribution in [0.5, 0.6) is 0 Å². The predicted molar refractivity (Wildman–Crippen MR) is 53.5 cm³/mol. The first-order chi connectivity index (χ1) is 6.61. The molecule has 0 amide bonds. The maximum Gasteiger partial charge on any atom is 0.330 e. The highest BCUT2D eigenvalue weighted by Gasteiger charge is 2.20. The van der Waals surface area contributed by atoms with Crippen LogP contribution in [0.2, 0.25) is 0 Å². The summed E-state index contributed by atoms with van der Waals surface area (Å²) in [7, 11) is 3.04. The van der Waals surface area contributed by atoms with Crippen LogP contribution < -0.4 is 0 Å².